The van der Waals surface area contributed by atoms with Gasteiger partial charge < -0.3 is 20.3 Å². The number of carboxylic acids is 1. The van der Waals surface area contributed by atoms with Crippen LogP contribution in [0.4, 0.5) is 0 Å². The molecule has 104 valence electrons. The standard InChI is InChI=1S/C13H17NO5/c1-8(3-6-12(16)17)14-13(18)9-4-5-11(19-2)10(15)7-9/h4-5,7-8,15H,3,6H2,1-2H3,(H,14,18)(H,16,17). The molecule has 0 aliphatic heterocycles. The van der Waals surface area contributed by atoms with E-state index in [1.807, 2.05) is 0 Å². The third kappa shape index (κ3) is 4.50. The van der Waals surface area contributed by atoms with Crippen LogP contribution in [0.5, 0.6) is 11.5 Å². The molecule has 3 N–H and O–H groups in total. The number of rotatable bonds is 6. The number of nitrogens with one attached hydrogen (secondary N) is 1. The van der Waals surface area contributed by atoms with Gasteiger partial charge in [-0.25, -0.2) is 0 Å². The van der Waals surface area contributed by atoms with E-state index >= 15 is 0 Å². The van der Waals surface area contributed by atoms with Gasteiger partial charge in [-0.05, 0) is 31.5 Å². The molecular formula is C13H17NO5. The van der Waals surface area contributed by atoms with Crippen molar-refractivity contribution in [1.29, 1.82) is 0 Å². The summed E-state index contributed by atoms with van der Waals surface area (Å²) in [6, 6.07) is 4.06. The van der Waals surface area contributed by atoms with Crippen LogP contribution in [0.2, 0.25) is 0 Å². The van der Waals surface area contributed by atoms with Crippen molar-refractivity contribution in [1.82, 2.24) is 5.32 Å². The summed E-state index contributed by atoms with van der Waals surface area (Å²) in [5, 5.41) is 20.8. The van der Waals surface area contributed by atoms with E-state index in [0.717, 1.165) is 0 Å². The van der Waals surface area contributed by atoms with Crippen LogP contribution in [0.25, 0.3) is 0 Å². The van der Waals surface area contributed by atoms with Crippen molar-refractivity contribution in [3.05, 3.63) is 23.8 Å². The predicted molar refractivity (Wildman–Crippen MR) is 68.5 cm³/mol. The van der Waals surface area contributed by atoms with Crippen LogP contribution in [0.1, 0.15) is 30.1 Å². The Balaban J connectivity index is 2.62. The van der Waals surface area contributed by atoms with Crippen LogP contribution < -0.4 is 10.1 Å². The molecule has 1 unspecified atom stereocenters. The third-order valence-corrected chi connectivity index (χ3v) is 2.61. The summed E-state index contributed by atoms with van der Waals surface area (Å²) in [7, 11) is 1.42. The first-order chi connectivity index (χ1) is 8.93. The lowest BCUT2D eigenvalue weighted by Gasteiger charge is -2.13. The SMILES string of the molecule is COc1ccc(C(=O)NC(C)CCC(=O)O)cc1O. The number of benzene rings is 1. The Morgan fingerprint density at radius 2 is 2.11 bits per heavy atom. The summed E-state index contributed by atoms with van der Waals surface area (Å²) in [5.74, 6) is -1.09. The van der Waals surface area contributed by atoms with E-state index in [-0.39, 0.29) is 29.9 Å². The number of ether oxygens (including phenoxy) is 1. The Kier molecular flexibility index (Phi) is 5.17. The monoisotopic (exact) mass is 267 g/mol. The average Bonchev–Trinajstić information content (AvgIpc) is 2.36. The maximum atomic E-state index is 11.8. The fraction of sp³-hybridized carbons (Fsp3) is 0.385. The molecule has 0 heterocycles. The normalized spacial score (nSPS) is 11.7. The van der Waals surface area contributed by atoms with Crippen molar-refractivity contribution in [3.8, 4) is 11.5 Å². The third-order valence-electron chi connectivity index (χ3n) is 2.61. The van der Waals surface area contributed by atoms with Gasteiger partial charge in [0.1, 0.15) is 0 Å². The quantitative estimate of drug-likeness (QED) is 0.723. The molecule has 1 aromatic rings. The van der Waals surface area contributed by atoms with Gasteiger partial charge in [-0.15, -0.1) is 0 Å². The Labute approximate surface area is 111 Å². The van der Waals surface area contributed by atoms with Crippen LogP contribution >= 0.6 is 0 Å². The number of carbonyl (C=O) groups is 2. The second-order valence-electron chi connectivity index (χ2n) is 4.19. The van der Waals surface area contributed by atoms with E-state index in [1.54, 1.807) is 6.92 Å². The van der Waals surface area contributed by atoms with Gasteiger partial charge in [-0.2, -0.15) is 0 Å². The molecule has 0 radical (unpaired) electrons. The zero-order chi connectivity index (χ0) is 14.4. The fourth-order valence-electron chi connectivity index (χ4n) is 1.55. The van der Waals surface area contributed by atoms with Crippen molar-refractivity contribution in [2.24, 2.45) is 0 Å². The summed E-state index contributed by atoms with van der Waals surface area (Å²) in [4.78, 5) is 22.3. The lowest BCUT2D eigenvalue weighted by atomic mass is 10.1. The molecule has 0 bridgehead atoms. The Morgan fingerprint density at radius 3 is 2.63 bits per heavy atom. The first kappa shape index (κ1) is 14.8. The lowest BCUT2D eigenvalue weighted by Crippen LogP contribution is -2.32. The number of phenolic OH excluding ortho intramolecular Hbond substituents is 1. The molecule has 6 heteroatoms. The number of aromatic hydroxyl groups is 1. The highest BCUT2D eigenvalue weighted by atomic mass is 16.5. The van der Waals surface area contributed by atoms with Crippen LogP contribution in [0.3, 0.4) is 0 Å². The lowest BCUT2D eigenvalue weighted by molar-refractivity contribution is -0.137. The first-order valence-electron chi connectivity index (χ1n) is 5.83. The minimum absolute atomic E-state index is 0.00465. The van der Waals surface area contributed by atoms with E-state index in [0.29, 0.717) is 12.0 Å². The molecule has 0 spiro atoms. The van der Waals surface area contributed by atoms with Gasteiger partial charge in [0, 0.05) is 18.0 Å². The van der Waals surface area contributed by atoms with Gasteiger partial charge in [-0.1, -0.05) is 0 Å². The number of hydrogen-bond acceptors (Lipinski definition) is 4. The predicted octanol–water partition coefficient (Wildman–Crippen LogP) is 1.38. The average molecular weight is 267 g/mol. The molecule has 0 aliphatic carbocycles. The van der Waals surface area contributed by atoms with Crippen molar-refractivity contribution in [2.45, 2.75) is 25.8 Å². The second-order valence-corrected chi connectivity index (χ2v) is 4.19. The van der Waals surface area contributed by atoms with Crippen LogP contribution in [-0.2, 0) is 4.79 Å². The maximum Gasteiger partial charge on any atom is 0.303 e. The zero-order valence-electron chi connectivity index (χ0n) is 10.8. The molecule has 0 saturated heterocycles. The zero-order valence-corrected chi connectivity index (χ0v) is 10.8. The molecule has 6 nitrogen and oxygen atoms in total. The summed E-state index contributed by atoms with van der Waals surface area (Å²) in [5.41, 5.74) is 0.292. The number of methoxy groups -OCH3 is 1. The largest absolute Gasteiger partial charge is 0.504 e. The number of phenols is 1. The van der Waals surface area contributed by atoms with Crippen LogP contribution in [-0.4, -0.2) is 35.2 Å². The number of aliphatic carboxylic acids is 1. The van der Waals surface area contributed by atoms with Crippen molar-refractivity contribution in [3.63, 3.8) is 0 Å². The Hall–Kier alpha value is -2.24. The van der Waals surface area contributed by atoms with Gasteiger partial charge in [0.05, 0.1) is 7.11 Å². The van der Waals surface area contributed by atoms with Crippen molar-refractivity contribution < 1.29 is 24.5 Å². The van der Waals surface area contributed by atoms with Gasteiger partial charge in [-0.3, -0.25) is 9.59 Å². The van der Waals surface area contributed by atoms with Crippen LogP contribution in [0, 0.1) is 0 Å². The van der Waals surface area contributed by atoms with E-state index < -0.39 is 5.97 Å². The topological polar surface area (TPSA) is 95.9 Å². The van der Waals surface area contributed by atoms with E-state index in [4.69, 9.17) is 9.84 Å². The summed E-state index contributed by atoms with van der Waals surface area (Å²) in [6.45, 7) is 1.73. The Morgan fingerprint density at radius 1 is 1.42 bits per heavy atom. The highest BCUT2D eigenvalue weighted by Crippen LogP contribution is 2.26. The highest BCUT2D eigenvalue weighted by Gasteiger charge is 2.13. The molecule has 0 aromatic heterocycles. The second kappa shape index (κ2) is 6.63. The molecule has 1 rings (SSSR count). The van der Waals surface area contributed by atoms with E-state index in [9.17, 15) is 14.7 Å². The number of amides is 1. The first-order valence-corrected chi connectivity index (χ1v) is 5.83. The summed E-state index contributed by atoms with van der Waals surface area (Å²) >= 11 is 0. The summed E-state index contributed by atoms with van der Waals surface area (Å²) in [6.07, 6.45) is 0.346. The molecule has 19 heavy (non-hydrogen) atoms. The molecule has 0 fully saturated rings. The van der Waals surface area contributed by atoms with Gasteiger partial charge in [0.2, 0.25) is 0 Å². The molecule has 0 aliphatic rings. The molecule has 1 atom stereocenters. The summed E-state index contributed by atoms with van der Waals surface area (Å²) < 4.78 is 4.88. The minimum atomic E-state index is -0.900. The van der Waals surface area contributed by atoms with Crippen molar-refractivity contribution >= 4 is 11.9 Å². The number of carbonyl (C=O) groups excluding carboxylic acids is 1. The van der Waals surface area contributed by atoms with Gasteiger partial charge in [0.25, 0.3) is 5.91 Å². The smallest absolute Gasteiger partial charge is 0.303 e. The van der Waals surface area contributed by atoms with Crippen molar-refractivity contribution in [2.75, 3.05) is 7.11 Å². The highest BCUT2D eigenvalue weighted by molar-refractivity contribution is 5.95. The van der Waals surface area contributed by atoms with E-state index in [1.165, 1.54) is 25.3 Å². The van der Waals surface area contributed by atoms with Gasteiger partial charge in [0.15, 0.2) is 11.5 Å². The molecular weight excluding hydrogens is 250 g/mol. The number of hydrogen-bond donors (Lipinski definition) is 3. The maximum absolute atomic E-state index is 11.8. The fourth-order valence-corrected chi connectivity index (χ4v) is 1.55. The molecule has 0 saturated carbocycles. The Bertz CT molecular complexity index is 472. The minimum Gasteiger partial charge on any atom is -0.504 e. The van der Waals surface area contributed by atoms with Gasteiger partial charge >= 0.3 is 5.97 Å². The van der Waals surface area contributed by atoms with Crippen LogP contribution in [0.15, 0.2) is 18.2 Å². The molecule has 1 amide bonds. The van der Waals surface area contributed by atoms with E-state index in [2.05, 4.69) is 5.32 Å². The molecule has 1 aromatic carbocycles. The number of carboxylic acid groups (broad SMARTS) is 1.